The molecule has 0 spiro atoms. The Bertz CT molecular complexity index is 652. The lowest BCUT2D eigenvalue weighted by atomic mass is 10.2. The Morgan fingerprint density at radius 3 is 2.04 bits per heavy atom. The molecule has 24 heavy (non-hydrogen) atoms. The quantitative estimate of drug-likeness (QED) is 0.475. The first-order valence-electron chi connectivity index (χ1n) is 7.13. The minimum atomic E-state index is -3.65. The van der Waals surface area contributed by atoms with E-state index in [1.807, 2.05) is 0 Å². The van der Waals surface area contributed by atoms with E-state index >= 15 is 0 Å². The summed E-state index contributed by atoms with van der Waals surface area (Å²) < 4.78 is 36.5. The van der Waals surface area contributed by atoms with Gasteiger partial charge >= 0.3 is 22.1 Å². The molecule has 0 unspecified atom stereocenters. The van der Waals surface area contributed by atoms with Gasteiger partial charge in [-0.05, 0) is 12.1 Å². The fourth-order valence-electron chi connectivity index (χ4n) is 1.93. The molecule has 0 heterocycles. The molecular weight excluding hydrogens is 338 g/mol. The van der Waals surface area contributed by atoms with Crippen LogP contribution in [0.15, 0.2) is 24.3 Å². The van der Waals surface area contributed by atoms with Crippen LogP contribution in [-0.2, 0) is 29.2 Å². The number of carbonyl (C=O) groups excluding carboxylic acids is 2. The molecule has 0 bridgehead atoms. The van der Waals surface area contributed by atoms with Crippen LogP contribution in [-0.4, -0.2) is 53.9 Å². The lowest BCUT2D eigenvalue weighted by Gasteiger charge is -2.24. The van der Waals surface area contributed by atoms with Gasteiger partial charge in [0.05, 0.1) is 33.3 Å². The number of esters is 2. The van der Waals surface area contributed by atoms with E-state index in [1.54, 1.807) is 17.0 Å². The van der Waals surface area contributed by atoms with Gasteiger partial charge in [-0.3, -0.25) is 9.59 Å². The molecule has 1 rings (SSSR count). The number of nitrogens with zero attached hydrogens (tertiary/aromatic N) is 1. The summed E-state index contributed by atoms with van der Waals surface area (Å²) in [4.78, 5) is 24.5. The molecule has 1 aromatic rings. The maximum atomic E-state index is 11.4. The molecule has 8 nitrogen and oxygen atoms in total. The molecule has 1 aromatic carbocycles. The Morgan fingerprint density at radius 2 is 1.58 bits per heavy atom. The summed E-state index contributed by atoms with van der Waals surface area (Å²) in [5, 5.41) is 0. The topological polar surface area (TPSA) is 99.2 Å². The molecule has 0 saturated carbocycles. The highest BCUT2D eigenvalue weighted by atomic mass is 32.2. The average molecular weight is 359 g/mol. The van der Waals surface area contributed by atoms with Crippen molar-refractivity contribution in [2.45, 2.75) is 12.8 Å². The van der Waals surface area contributed by atoms with Gasteiger partial charge in [-0.1, -0.05) is 6.07 Å². The number of hydrogen-bond acceptors (Lipinski definition) is 8. The van der Waals surface area contributed by atoms with E-state index in [0.29, 0.717) is 18.8 Å². The van der Waals surface area contributed by atoms with E-state index in [4.69, 9.17) is 4.18 Å². The zero-order valence-electron chi connectivity index (χ0n) is 13.9. The number of hydrogen-bond donors (Lipinski definition) is 0. The van der Waals surface area contributed by atoms with Crippen molar-refractivity contribution in [3.63, 3.8) is 0 Å². The molecule has 0 aliphatic rings. The third-order valence-electron chi connectivity index (χ3n) is 3.06. The van der Waals surface area contributed by atoms with Crippen LogP contribution in [0, 0.1) is 0 Å². The molecular formula is C15H21NO7S. The minimum absolute atomic E-state index is 0.120. The largest absolute Gasteiger partial charge is 0.469 e. The van der Waals surface area contributed by atoms with Gasteiger partial charge in [-0.2, -0.15) is 8.42 Å². The highest BCUT2D eigenvalue weighted by Gasteiger charge is 2.14. The fourth-order valence-corrected chi connectivity index (χ4v) is 2.39. The average Bonchev–Trinajstić information content (AvgIpc) is 2.52. The molecule has 0 N–H and O–H groups in total. The van der Waals surface area contributed by atoms with Crippen molar-refractivity contribution < 1.29 is 31.7 Å². The monoisotopic (exact) mass is 359 g/mol. The summed E-state index contributed by atoms with van der Waals surface area (Å²) in [5.74, 6) is -0.626. The maximum Gasteiger partial charge on any atom is 0.307 e. The second-order valence-electron chi connectivity index (χ2n) is 4.92. The van der Waals surface area contributed by atoms with Gasteiger partial charge in [-0.25, -0.2) is 0 Å². The van der Waals surface area contributed by atoms with E-state index < -0.39 is 10.1 Å². The summed E-state index contributed by atoms with van der Waals surface area (Å²) in [6, 6.07) is 6.38. The summed E-state index contributed by atoms with van der Waals surface area (Å²) in [6.45, 7) is 0.595. The van der Waals surface area contributed by atoms with E-state index in [-0.39, 0.29) is 30.5 Å². The normalized spacial score (nSPS) is 10.8. The van der Waals surface area contributed by atoms with Gasteiger partial charge in [0.15, 0.2) is 0 Å². The zero-order valence-corrected chi connectivity index (χ0v) is 14.7. The molecule has 9 heteroatoms. The van der Waals surface area contributed by atoms with Gasteiger partial charge in [-0.15, -0.1) is 0 Å². The Kier molecular flexibility index (Phi) is 7.50. The molecule has 0 fully saturated rings. The summed E-state index contributed by atoms with van der Waals surface area (Å²) >= 11 is 0. The van der Waals surface area contributed by atoms with Gasteiger partial charge in [0.25, 0.3) is 0 Å². The van der Waals surface area contributed by atoms with Crippen LogP contribution in [0.2, 0.25) is 0 Å². The van der Waals surface area contributed by atoms with E-state index in [0.717, 1.165) is 6.26 Å². The second-order valence-corrected chi connectivity index (χ2v) is 6.50. The van der Waals surface area contributed by atoms with E-state index in [1.165, 1.54) is 26.4 Å². The lowest BCUT2D eigenvalue weighted by Crippen LogP contribution is -2.29. The van der Waals surface area contributed by atoms with E-state index in [2.05, 4.69) is 9.47 Å². The first kappa shape index (κ1) is 19.8. The third-order valence-corrected chi connectivity index (χ3v) is 3.55. The van der Waals surface area contributed by atoms with Crippen LogP contribution in [0.3, 0.4) is 0 Å². The van der Waals surface area contributed by atoms with Crippen molar-refractivity contribution in [1.82, 2.24) is 0 Å². The number of carbonyl (C=O) groups is 2. The minimum Gasteiger partial charge on any atom is -0.469 e. The van der Waals surface area contributed by atoms with Crippen molar-refractivity contribution in [2.24, 2.45) is 0 Å². The highest BCUT2D eigenvalue weighted by molar-refractivity contribution is 7.86. The van der Waals surface area contributed by atoms with Crippen molar-refractivity contribution >= 4 is 27.7 Å². The predicted octanol–water partition coefficient (Wildman–Crippen LogP) is 0.958. The van der Waals surface area contributed by atoms with Gasteiger partial charge < -0.3 is 18.6 Å². The predicted molar refractivity (Wildman–Crippen MR) is 87.4 cm³/mol. The third kappa shape index (κ3) is 7.32. The van der Waals surface area contributed by atoms with Gasteiger partial charge in [0, 0.05) is 24.8 Å². The molecule has 0 radical (unpaired) electrons. The van der Waals surface area contributed by atoms with Crippen molar-refractivity contribution in [2.75, 3.05) is 38.5 Å². The molecule has 0 aromatic heterocycles. The number of benzene rings is 1. The maximum absolute atomic E-state index is 11.4. The second kappa shape index (κ2) is 9.11. The van der Waals surface area contributed by atoms with Crippen LogP contribution in [0.25, 0.3) is 0 Å². The van der Waals surface area contributed by atoms with E-state index in [9.17, 15) is 18.0 Å². The number of methoxy groups -OCH3 is 2. The van der Waals surface area contributed by atoms with Gasteiger partial charge in [0.1, 0.15) is 5.75 Å². The smallest absolute Gasteiger partial charge is 0.307 e. The highest BCUT2D eigenvalue weighted by Crippen LogP contribution is 2.23. The van der Waals surface area contributed by atoms with Crippen molar-refractivity contribution in [1.29, 1.82) is 0 Å². The first-order chi connectivity index (χ1) is 11.2. The van der Waals surface area contributed by atoms with Crippen molar-refractivity contribution in [3.8, 4) is 5.75 Å². The molecule has 0 saturated heterocycles. The standard InChI is InChI=1S/C15H21NO7S/c1-21-14(17)7-9-16(10-8-15(18)22-2)12-5-4-6-13(11-12)23-24(3,19)20/h4-6,11H,7-10H2,1-3H3. The number of rotatable bonds is 9. The SMILES string of the molecule is COC(=O)CCN(CCC(=O)OC)c1cccc(OS(C)(=O)=O)c1. The molecule has 0 aliphatic carbocycles. The first-order valence-corrected chi connectivity index (χ1v) is 8.95. The Morgan fingerprint density at radius 1 is 1.04 bits per heavy atom. The summed E-state index contributed by atoms with van der Waals surface area (Å²) in [5.41, 5.74) is 0.615. The van der Waals surface area contributed by atoms with Crippen LogP contribution < -0.4 is 9.08 Å². The van der Waals surface area contributed by atoms with Crippen LogP contribution in [0.5, 0.6) is 5.75 Å². The van der Waals surface area contributed by atoms with Crippen LogP contribution >= 0.6 is 0 Å². The number of ether oxygens (including phenoxy) is 2. The molecule has 134 valence electrons. The lowest BCUT2D eigenvalue weighted by molar-refractivity contribution is -0.140. The summed E-state index contributed by atoms with van der Waals surface area (Å²) in [7, 11) is -1.06. The molecule has 0 amide bonds. The molecule has 0 atom stereocenters. The fraction of sp³-hybridized carbons (Fsp3) is 0.467. The Balaban J connectivity index is 2.93. The Hall–Kier alpha value is -2.29. The number of anilines is 1. The van der Waals surface area contributed by atoms with Crippen LogP contribution in [0.1, 0.15) is 12.8 Å². The summed E-state index contributed by atoms with van der Waals surface area (Å²) in [6.07, 6.45) is 1.19. The van der Waals surface area contributed by atoms with Gasteiger partial charge in [0.2, 0.25) is 0 Å². The Labute approximate surface area is 141 Å². The molecule has 0 aliphatic heterocycles. The van der Waals surface area contributed by atoms with Crippen LogP contribution in [0.4, 0.5) is 5.69 Å². The zero-order chi connectivity index (χ0) is 18.2. The van der Waals surface area contributed by atoms with Crippen molar-refractivity contribution in [3.05, 3.63) is 24.3 Å².